The standard InChI is InChI=1S/C53H83NOP2Si2/c1-9-16-40-54(57(47-28-24-23-25-29-47)53-31-27-26-30-52(53)55-8)56(48-32-36-50(37-33-48)58(41-17-10-2,42-18-11-3)43-19-12-4)49-34-38-51(39-35-49)59(44-20-13-5,45-21-14-6)46-22-15-7/h23-39H,9-22,40-46H2,1-8H3. The van der Waals surface area contributed by atoms with E-state index in [0.717, 1.165) is 18.7 Å². The second kappa shape index (κ2) is 27.1. The van der Waals surface area contributed by atoms with Crippen LogP contribution >= 0.6 is 16.1 Å². The molecule has 4 aromatic rings. The number of rotatable bonds is 30. The lowest BCUT2D eigenvalue weighted by Crippen LogP contribution is -2.48. The van der Waals surface area contributed by atoms with Crippen LogP contribution in [0.1, 0.15) is 138 Å². The van der Waals surface area contributed by atoms with Crippen molar-refractivity contribution in [2.24, 2.45) is 0 Å². The summed E-state index contributed by atoms with van der Waals surface area (Å²) < 4.78 is 9.17. The number of ether oxygens (including phenoxy) is 1. The average molecular weight is 868 g/mol. The quantitative estimate of drug-likeness (QED) is 0.0382. The Balaban J connectivity index is 1.99. The number of hydrogen-bond donors (Lipinski definition) is 0. The molecule has 0 radical (unpaired) electrons. The van der Waals surface area contributed by atoms with E-state index in [-0.39, 0.29) is 0 Å². The first-order chi connectivity index (χ1) is 28.9. The fourth-order valence-corrected chi connectivity index (χ4v) is 26.7. The highest BCUT2D eigenvalue weighted by atomic mass is 31.2. The van der Waals surface area contributed by atoms with Gasteiger partial charge in [0.2, 0.25) is 0 Å². The van der Waals surface area contributed by atoms with Gasteiger partial charge in [-0.25, -0.2) is 4.44 Å². The van der Waals surface area contributed by atoms with Crippen LogP contribution < -0.4 is 36.3 Å². The van der Waals surface area contributed by atoms with Crippen molar-refractivity contribution in [3.8, 4) is 5.75 Å². The van der Waals surface area contributed by atoms with Gasteiger partial charge in [0.1, 0.15) is 5.75 Å². The summed E-state index contributed by atoms with van der Waals surface area (Å²) in [7, 11) is -3.17. The molecule has 0 aromatic heterocycles. The highest BCUT2D eigenvalue weighted by molar-refractivity contribution is 7.84. The van der Waals surface area contributed by atoms with Gasteiger partial charge in [0.15, 0.2) is 0 Å². The molecule has 4 rings (SSSR count). The van der Waals surface area contributed by atoms with Crippen LogP contribution in [0.2, 0.25) is 36.3 Å². The molecule has 0 saturated carbocycles. The normalized spacial score (nSPS) is 12.7. The Bertz CT molecular complexity index is 1580. The summed E-state index contributed by atoms with van der Waals surface area (Å²) in [5.41, 5.74) is 0. The van der Waals surface area contributed by atoms with E-state index >= 15 is 0 Å². The molecule has 1 atom stereocenters. The van der Waals surface area contributed by atoms with Gasteiger partial charge in [0.05, 0.1) is 23.3 Å². The third kappa shape index (κ3) is 13.7. The van der Waals surface area contributed by atoms with E-state index in [2.05, 4.69) is 156 Å². The van der Waals surface area contributed by atoms with Gasteiger partial charge in [0, 0.05) is 28.0 Å². The summed E-state index contributed by atoms with van der Waals surface area (Å²) in [6.45, 7) is 17.8. The van der Waals surface area contributed by atoms with Crippen LogP contribution in [0, 0.1) is 0 Å². The Labute approximate surface area is 368 Å². The Morgan fingerprint density at radius 2 is 0.763 bits per heavy atom. The molecule has 0 heterocycles. The monoisotopic (exact) mass is 868 g/mol. The molecule has 0 bridgehead atoms. The van der Waals surface area contributed by atoms with E-state index in [1.807, 2.05) is 7.11 Å². The molecular formula is C53H83NOP2Si2. The van der Waals surface area contributed by atoms with Gasteiger partial charge in [-0.05, 0) is 34.5 Å². The van der Waals surface area contributed by atoms with Crippen LogP contribution in [0.4, 0.5) is 0 Å². The lowest BCUT2D eigenvalue weighted by Gasteiger charge is -2.40. The van der Waals surface area contributed by atoms with Crippen molar-refractivity contribution in [3.63, 3.8) is 0 Å². The molecule has 0 saturated heterocycles. The number of para-hydroxylation sites is 1. The lowest BCUT2D eigenvalue weighted by atomic mass is 10.3. The van der Waals surface area contributed by atoms with E-state index in [1.54, 1.807) is 10.4 Å². The van der Waals surface area contributed by atoms with Crippen molar-refractivity contribution in [1.29, 1.82) is 0 Å². The molecule has 6 heteroatoms. The van der Waals surface area contributed by atoms with Gasteiger partial charge in [-0.15, -0.1) is 0 Å². The Morgan fingerprint density at radius 1 is 0.407 bits per heavy atom. The molecule has 0 aliphatic carbocycles. The summed E-state index contributed by atoms with van der Waals surface area (Å²) in [5, 5.41) is 9.16. The minimum atomic E-state index is -1.64. The van der Waals surface area contributed by atoms with Crippen molar-refractivity contribution in [2.75, 3.05) is 13.7 Å². The maximum absolute atomic E-state index is 6.20. The molecule has 0 aliphatic rings. The summed E-state index contributed by atoms with van der Waals surface area (Å²) >= 11 is 0. The average Bonchev–Trinajstić information content (AvgIpc) is 3.29. The van der Waals surface area contributed by atoms with Crippen LogP contribution in [-0.4, -0.2) is 34.2 Å². The fourth-order valence-electron chi connectivity index (χ4n) is 9.39. The van der Waals surface area contributed by atoms with Crippen LogP contribution in [-0.2, 0) is 0 Å². The molecule has 59 heavy (non-hydrogen) atoms. The van der Waals surface area contributed by atoms with Gasteiger partial charge in [-0.1, -0.05) is 270 Å². The second-order valence-corrected chi connectivity index (χ2v) is 31.2. The Morgan fingerprint density at radius 3 is 1.14 bits per heavy atom. The third-order valence-corrected chi connectivity index (χ3v) is 29.6. The Kier molecular flexibility index (Phi) is 22.8. The predicted octanol–water partition coefficient (Wildman–Crippen LogP) is 14.3. The maximum atomic E-state index is 6.20. The third-order valence-electron chi connectivity index (χ3n) is 13.0. The minimum absolute atomic E-state index is 0.855. The number of unbranched alkanes of at least 4 members (excludes halogenated alkanes) is 7. The van der Waals surface area contributed by atoms with Crippen LogP contribution in [0.25, 0.3) is 0 Å². The summed E-state index contributed by atoms with van der Waals surface area (Å²) in [6.07, 6.45) is 18.3. The molecule has 0 spiro atoms. The van der Waals surface area contributed by atoms with Gasteiger partial charge < -0.3 is 4.74 Å². The van der Waals surface area contributed by atoms with Crippen molar-refractivity contribution in [3.05, 3.63) is 103 Å². The SMILES string of the molecule is CCCCN(P(c1ccc([Si](CCCC)(CCCC)CCCC)cc1)c1ccc([Si](CCCC)(CCCC)CCCC)cc1)P(c1ccccc1)c1ccccc1OC. The smallest absolute Gasteiger partial charge is 0.128 e. The number of nitrogens with zero attached hydrogens (tertiary/aromatic N) is 1. The van der Waals surface area contributed by atoms with E-state index in [4.69, 9.17) is 4.74 Å². The molecule has 2 nitrogen and oxygen atoms in total. The van der Waals surface area contributed by atoms with E-state index in [9.17, 15) is 0 Å². The minimum Gasteiger partial charge on any atom is -0.496 e. The number of methoxy groups -OCH3 is 1. The zero-order valence-corrected chi connectivity index (χ0v) is 42.7. The molecule has 0 fully saturated rings. The van der Waals surface area contributed by atoms with Gasteiger partial charge in [-0.2, -0.15) is 0 Å². The van der Waals surface area contributed by atoms with Crippen LogP contribution in [0.3, 0.4) is 0 Å². The first-order valence-corrected chi connectivity index (χ1v) is 32.0. The fraction of sp³-hybridized carbons (Fsp3) is 0.547. The number of hydrogen-bond acceptors (Lipinski definition) is 2. The van der Waals surface area contributed by atoms with Crippen molar-refractivity contribution in [1.82, 2.24) is 4.44 Å². The zero-order chi connectivity index (χ0) is 42.4. The van der Waals surface area contributed by atoms with Gasteiger partial charge in [0.25, 0.3) is 0 Å². The van der Waals surface area contributed by atoms with Gasteiger partial charge >= 0.3 is 0 Å². The highest BCUT2D eigenvalue weighted by Gasteiger charge is 2.37. The largest absolute Gasteiger partial charge is 0.496 e. The predicted molar refractivity (Wildman–Crippen MR) is 275 cm³/mol. The molecule has 0 amide bonds. The number of benzene rings is 4. The van der Waals surface area contributed by atoms with Crippen molar-refractivity contribution < 1.29 is 4.74 Å². The van der Waals surface area contributed by atoms with Crippen LogP contribution in [0.15, 0.2) is 103 Å². The van der Waals surface area contributed by atoms with Crippen LogP contribution in [0.5, 0.6) is 5.75 Å². The molecule has 4 aromatic carbocycles. The maximum Gasteiger partial charge on any atom is 0.128 e. The highest BCUT2D eigenvalue weighted by Crippen LogP contribution is 2.55. The summed E-state index contributed by atoms with van der Waals surface area (Å²) in [6, 6.07) is 50.0. The Hall–Kier alpha value is -2.07. The lowest BCUT2D eigenvalue weighted by molar-refractivity contribution is 0.418. The topological polar surface area (TPSA) is 12.5 Å². The van der Waals surface area contributed by atoms with Crippen molar-refractivity contribution >= 4 is 63.9 Å². The summed E-state index contributed by atoms with van der Waals surface area (Å²) in [4.78, 5) is 0. The second-order valence-electron chi connectivity index (χ2n) is 17.4. The molecule has 0 N–H and O–H groups in total. The van der Waals surface area contributed by atoms with Crippen molar-refractivity contribution in [2.45, 2.75) is 175 Å². The molecular weight excluding hydrogens is 785 g/mol. The van der Waals surface area contributed by atoms with E-state index in [1.165, 1.54) is 141 Å². The molecule has 1 unspecified atom stereocenters. The van der Waals surface area contributed by atoms with E-state index in [0.29, 0.717) is 0 Å². The molecule has 324 valence electrons. The first kappa shape index (κ1) is 49.6. The first-order valence-electron chi connectivity index (χ1n) is 24.2. The summed E-state index contributed by atoms with van der Waals surface area (Å²) in [5.74, 6) is 1.00. The zero-order valence-electron chi connectivity index (χ0n) is 38.9. The van der Waals surface area contributed by atoms with Gasteiger partial charge in [-0.3, -0.25) is 0 Å². The van der Waals surface area contributed by atoms with E-state index < -0.39 is 32.3 Å². The molecule has 0 aliphatic heterocycles.